The molecule has 0 spiro atoms. The number of aryl methyl sites for hydroxylation is 1. The van der Waals surface area contributed by atoms with E-state index in [-0.39, 0.29) is 6.10 Å². The summed E-state index contributed by atoms with van der Waals surface area (Å²) in [4.78, 5) is 6.40. The van der Waals surface area contributed by atoms with Crippen molar-refractivity contribution in [3.63, 3.8) is 0 Å². The summed E-state index contributed by atoms with van der Waals surface area (Å²) in [7, 11) is 0. The van der Waals surface area contributed by atoms with Crippen LogP contribution in [-0.4, -0.2) is 11.2 Å². The van der Waals surface area contributed by atoms with Gasteiger partial charge in [-0.15, -0.1) is 0 Å². The van der Waals surface area contributed by atoms with Gasteiger partial charge in [-0.25, -0.2) is 0 Å². The van der Waals surface area contributed by atoms with Crippen molar-refractivity contribution < 1.29 is 4.84 Å². The Balaban J connectivity index is 1.53. The van der Waals surface area contributed by atoms with Crippen molar-refractivity contribution in [2.45, 2.75) is 38.5 Å². The molecule has 2 unspecified atom stereocenters. The molecule has 3 aromatic rings. The van der Waals surface area contributed by atoms with Gasteiger partial charge >= 0.3 is 0 Å². The molecule has 1 fully saturated rings. The van der Waals surface area contributed by atoms with Gasteiger partial charge in [0.05, 0.1) is 12.1 Å². The number of rotatable bonds is 5. The molecule has 0 bridgehead atoms. The summed E-state index contributed by atoms with van der Waals surface area (Å²) < 4.78 is 0. The van der Waals surface area contributed by atoms with Crippen LogP contribution in [0.3, 0.4) is 0 Å². The van der Waals surface area contributed by atoms with E-state index in [0.717, 1.165) is 19.4 Å². The minimum Gasteiger partial charge on any atom is -0.294 e. The maximum Gasteiger partial charge on any atom is 0.0853 e. The van der Waals surface area contributed by atoms with Gasteiger partial charge in [0, 0.05) is 13.0 Å². The largest absolute Gasteiger partial charge is 0.294 e. The zero-order chi connectivity index (χ0) is 17.8. The highest BCUT2D eigenvalue weighted by molar-refractivity contribution is 5.24. The van der Waals surface area contributed by atoms with Crippen LogP contribution in [0, 0.1) is 6.92 Å². The van der Waals surface area contributed by atoms with Gasteiger partial charge in [-0.2, -0.15) is 5.06 Å². The molecule has 1 aliphatic rings. The maximum atomic E-state index is 6.40. The molecule has 4 rings (SSSR count). The molecule has 1 saturated heterocycles. The van der Waals surface area contributed by atoms with Crippen LogP contribution >= 0.6 is 0 Å². The van der Waals surface area contributed by atoms with Crippen molar-refractivity contribution in [1.29, 1.82) is 0 Å². The first-order chi connectivity index (χ1) is 12.8. The molecule has 0 radical (unpaired) electrons. The fraction of sp³-hybridized carbons (Fsp3) is 0.250. The normalized spacial score (nSPS) is 20.3. The third-order valence-electron chi connectivity index (χ3n) is 5.07. The van der Waals surface area contributed by atoms with E-state index in [4.69, 9.17) is 4.84 Å². The van der Waals surface area contributed by atoms with Crippen LogP contribution in [0.5, 0.6) is 0 Å². The third kappa shape index (κ3) is 4.04. The predicted octanol–water partition coefficient (Wildman–Crippen LogP) is 5.48. The molecule has 132 valence electrons. The molecule has 26 heavy (non-hydrogen) atoms. The molecule has 1 heterocycles. The fourth-order valence-corrected chi connectivity index (χ4v) is 3.67. The van der Waals surface area contributed by atoms with Crippen LogP contribution in [-0.2, 0) is 17.8 Å². The summed E-state index contributed by atoms with van der Waals surface area (Å²) in [5, 5.41) is 2.17. The SMILES string of the molecule is Cc1ccc(CC2CC(c3ccccc3)N(Cc3ccccc3)O2)cc1. The van der Waals surface area contributed by atoms with E-state index < -0.39 is 0 Å². The van der Waals surface area contributed by atoms with Crippen LogP contribution in [0.1, 0.15) is 34.7 Å². The second-order valence-corrected chi connectivity index (χ2v) is 7.14. The molecule has 0 saturated carbocycles. The maximum absolute atomic E-state index is 6.40. The first-order valence-electron chi connectivity index (χ1n) is 9.36. The Hall–Kier alpha value is -2.42. The monoisotopic (exact) mass is 343 g/mol. The topological polar surface area (TPSA) is 12.5 Å². The molecule has 2 nitrogen and oxygen atoms in total. The van der Waals surface area contributed by atoms with Crippen molar-refractivity contribution in [2.75, 3.05) is 0 Å². The van der Waals surface area contributed by atoms with Crippen molar-refractivity contribution in [3.05, 3.63) is 107 Å². The summed E-state index contributed by atoms with van der Waals surface area (Å²) in [5.41, 5.74) is 5.25. The fourth-order valence-electron chi connectivity index (χ4n) is 3.67. The van der Waals surface area contributed by atoms with Gasteiger partial charge in [-0.1, -0.05) is 90.5 Å². The number of nitrogens with zero attached hydrogens (tertiary/aromatic N) is 1. The van der Waals surface area contributed by atoms with Gasteiger partial charge < -0.3 is 0 Å². The second-order valence-electron chi connectivity index (χ2n) is 7.14. The molecule has 0 aromatic heterocycles. The quantitative estimate of drug-likeness (QED) is 0.608. The average molecular weight is 343 g/mol. The average Bonchev–Trinajstić information content (AvgIpc) is 3.07. The third-order valence-corrected chi connectivity index (χ3v) is 5.07. The Morgan fingerprint density at radius 3 is 2.15 bits per heavy atom. The summed E-state index contributed by atoms with van der Waals surface area (Å²) in [6.45, 7) is 2.94. The Bertz CT molecular complexity index is 814. The highest BCUT2D eigenvalue weighted by atomic mass is 16.7. The van der Waals surface area contributed by atoms with E-state index in [1.54, 1.807) is 0 Å². The highest BCUT2D eigenvalue weighted by Crippen LogP contribution is 2.36. The Kier molecular flexibility index (Phi) is 5.14. The molecule has 2 atom stereocenters. The lowest BCUT2D eigenvalue weighted by molar-refractivity contribution is -0.170. The van der Waals surface area contributed by atoms with E-state index in [2.05, 4.69) is 96.9 Å². The van der Waals surface area contributed by atoms with Gasteiger partial charge in [0.25, 0.3) is 0 Å². The predicted molar refractivity (Wildman–Crippen MR) is 106 cm³/mol. The minimum atomic E-state index is 0.214. The van der Waals surface area contributed by atoms with E-state index in [9.17, 15) is 0 Å². The van der Waals surface area contributed by atoms with E-state index in [0.29, 0.717) is 6.04 Å². The number of benzene rings is 3. The van der Waals surface area contributed by atoms with Crippen LogP contribution < -0.4 is 0 Å². The molecule has 3 aromatic carbocycles. The van der Waals surface area contributed by atoms with Crippen LogP contribution in [0.15, 0.2) is 84.9 Å². The number of hydrogen-bond acceptors (Lipinski definition) is 2. The van der Waals surface area contributed by atoms with Crippen molar-refractivity contribution in [3.8, 4) is 0 Å². The van der Waals surface area contributed by atoms with Crippen molar-refractivity contribution >= 4 is 0 Å². The minimum absolute atomic E-state index is 0.214. The van der Waals surface area contributed by atoms with E-state index in [1.165, 1.54) is 22.3 Å². The van der Waals surface area contributed by atoms with E-state index >= 15 is 0 Å². The summed E-state index contributed by atoms with van der Waals surface area (Å²) >= 11 is 0. The molecule has 0 N–H and O–H groups in total. The lowest BCUT2D eigenvalue weighted by Gasteiger charge is -2.23. The van der Waals surface area contributed by atoms with Gasteiger partial charge in [-0.3, -0.25) is 4.84 Å². The Labute approximate surface area is 156 Å². The Morgan fingerprint density at radius 1 is 0.808 bits per heavy atom. The molecule has 1 aliphatic heterocycles. The Morgan fingerprint density at radius 2 is 1.46 bits per heavy atom. The van der Waals surface area contributed by atoms with Crippen molar-refractivity contribution in [2.24, 2.45) is 0 Å². The first kappa shape index (κ1) is 17.0. The van der Waals surface area contributed by atoms with Gasteiger partial charge in [0.2, 0.25) is 0 Å². The smallest absolute Gasteiger partial charge is 0.0853 e. The summed E-state index contributed by atoms with van der Waals surface area (Å²) in [6.07, 6.45) is 2.19. The summed E-state index contributed by atoms with van der Waals surface area (Å²) in [5.74, 6) is 0. The van der Waals surface area contributed by atoms with Gasteiger partial charge in [-0.05, 0) is 30.0 Å². The van der Waals surface area contributed by atoms with E-state index in [1.807, 2.05) is 0 Å². The molecule has 2 heteroatoms. The van der Waals surface area contributed by atoms with Crippen LogP contribution in [0.4, 0.5) is 0 Å². The lowest BCUT2D eigenvalue weighted by Crippen LogP contribution is -2.22. The molecule has 0 aliphatic carbocycles. The first-order valence-corrected chi connectivity index (χ1v) is 9.36. The molecule has 0 amide bonds. The standard InChI is InChI=1S/C24H25NO/c1-19-12-14-20(15-13-19)16-23-17-24(22-10-6-3-7-11-22)25(26-23)18-21-8-4-2-5-9-21/h2-15,23-24H,16-18H2,1H3. The van der Waals surface area contributed by atoms with Crippen LogP contribution in [0.25, 0.3) is 0 Å². The molecular weight excluding hydrogens is 318 g/mol. The zero-order valence-corrected chi connectivity index (χ0v) is 15.2. The van der Waals surface area contributed by atoms with Crippen molar-refractivity contribution in [1.82, 2.24) is 5.06 Å². The molecular formula is C24H25NO. The second kappa shape index (κ2) is 7.86. The number of hydrogen-bond donors (Lipinski definition) is 0. The van der Waals surface area contributed by atoms with Crippen LogP contribution in [0.2, 0.25) is 0 Å². The lowest BCUT2D eigenvalue weighted by atomic mass is 9.97. The highest BCUT2D eigenvalue weighted by Gasteiger charge is 2.34. The van der Waals surface area contributed by atoms with Gasteiger partial charge in [0.15, 0.2) is 0 Å². The number of hydroxylamine groups is 2. The zero-order valence-electron chi connectivity index (χ0n) is 15.2. The van der Waals surface area contributed by atoms with Gasteiger partial charge in [0.1, 0.15) is 0 Å². The summed E-state index contributed by atoms with van der Waals surface area (Å²) in [6, 6.07) is 30.4.